The molecule has 0 aliphatic rings. The first kappa shape index (κ1) is 14.7. The van der Waals surface area contributed by atoms with Crippen LogP contribution < -0.4 is 5.32 Å². The molecule has 0 fully saturated rings. The Morgan fingerprint density at radius 3 is 2.60 bits per heavy atom. The molecule has 2 heteroatoms. The Morgan fingerprint density at radius 1 is 1.10 bits per heavy atom. The van der Waals surface area contributed by atoms with Crippen molar-refractivity contribution < 1.29 is 0 Å². The standard InChI is InChI=1S/C18H24N2/c1-15-8-7-13-20-18(15)14-17(19-2)12-6-11-16-9-4-3-5-10-16/h3-5,7-10,13,17,19H,6,11-12,14H2,1-2H3. The summed E-state index contributed by atoms with van der Waals surface area (Å²) < 4.78 is 0. The molecule has 0 aliphatic heterocycles. The van der Waals surface area contributed by atoms with Gasteiger partial charge in [0, 0.05) is 24.4 Å². The molecule has 1 atom stereocenters. The van der Waals surface area contributed by atoms with Crippen LogP contribution in [0.3, 0.4) is 0 Å². The third-order valence-electron chi connectivity index (χ3n) is 3.83. The van der Waals surface area contributed by atoms with E-state index < -0.39 is 0 Å². The molecule has 0 saturated heterocycles. The number of pyridine rings is 1. The lowest BCUT2D eigenvalue weighted by atomic mass is 10.00. The van der Waals surface area contributed by atoms with E-state index in [-0.39, 0.29) is 0 Å². The van der Waals surface area contributed by atoms with Crippen LogP contribution in [-0.4, -0.2) is 18.1 Å². The van der Waals surface area contributed by atoms with E-state index in [9.17, 15) is 0 Å². The first-order valence-electron chi connectivity index (χ1n) is 7.41. The van der Waals surface area contributed by atoms with E-state index in [0.717, 1.165) is 12.8 Å². The van der Waals surface area contributed by atoms with Gasteiger partial charge in [-0.25, -0.2) is 0 Å². The maximum absolute atomic E-state index is 4.49. The van der Waals surface area contributed by atoms with Gasteiger partial charge in [-0.05, 0) is 50.4 Å². The number of aryl methyl sites for hydroxylation is 2. The van der Waals surface area contributed by atoms with Crippen LogP contribution in [0.4, 0.5) is 0 Å². The second-order valence-corrected chi connectivity index (χ2v) is 5.33. The number of nitrogens with zero attached hydrogens (tertiary/aromatic N) is 1. The highest BCUT2D eigenvalue weighted by atomic mass is 14.9. The van der Waals surface area contributed by atoms with Gasteiger partial charge in [0.05, 0.1) is 0 Å². The summed E-state index contributed by atoms with van der Waals surface area (Å²) in [5.41, 5.74) is 3.93. The average molecular weight is 268 g/mol. The molecule has 1 N–H and O–H groups in total. The third-order valence-corrected chi connectivity index (χ3v) is 3.83. The van der Waals surface area contributed by atoms with Crippen molar-refractivity contribution >= 4 is 0 Å². The maximum atomic E-state index is 4.49. The van der Waals surface area contributed by atoms with Crippen molar-refractivity contribution in [1.82, 2.24) is 10.3 Å². The number of benzene rings is 1. The number of rotatable bonds is 7. The Kier molecular flexibility index (Phi) is 5.75. The quantitative estimate of drug-likeness (QED) is 0.830. The number of hydrogen-bond donors (Lipinski definition) is 1. The van der Waals surface area contributed by atoms with Crippen LogP contribution in [0, 0.1) is 6.92 Å². The fourth-order valence-corrected chi connectivity index (χ4v) is 2.51. The molecule has 1 aromatic carbocycles. The Bertz CT molecular complexity index is 508. The minimum atomic E-state index is 0.507. The zero-order chi connectivity index (χ0) is 14.2. The van der Waals surface area contributed by atoms with Crippen molar-refractivity contribution in [2.75, 3.05) is 7.05 Å². The number of likely N-dealkylation sites (N-methyl/N-ethyl adjacent to an activating group) is 1. The van der Waals surface area contributed by atoms with E-state index >= 15 is 0 Å². The minimum absolute atomic E-state index is 0.507. The van der Waals surface area contributed by atoms with Gasteiger partial charge in [-0.1, -0.05) is 36.4 Å². The van der Waals surface area contributed by atoms with Gasteiger partial charge in [0.15, 0.2) is 0 Å². The Morgan fingerprint density at radius 2 is 1.90 bits per heavy atom. The van der Waals surface area contributed by atoms with Crippen LogP contribution in [0.1, 0.15) is 29.7 Å². The van der Waals surface area contributed by atoms with Crippen molar-refractivity contribution in [1.29, 1.82) is 0 Å². The monoisotopic (exact) mass is 268 g/mol. The summed E-state index contributed by atoms with van der Waals surface area (Å²) in [5, 5.41) is 3.42. The average Bonchev–Trinajstić information content (AvgIpc) is 2.49. The van der Waals surface area contributed by atoms with E-state index in [0.29, 0.717) is 6.04 Å². The molecule has 0 spiro atoms. The smallest absolute Gasteiger partial charge is 0.0448 e. The fraction of sp³-hybridized carbons (Fsp3) is 0.389. The largest absolute Gasteiger partial charge is 0.317 e. The van der Waals surface area contributed by atoms with Gasteiger partial charge in [-0.2, -0.15) is 0 Å². The van der Waals surface area contributed by atoms with Crippen molar-refractivity contribution in [2.45, 2.75) is 38.6 Å². The van der Waals surface area contributed by atoms with Crippen molar-refractivity contribution in [3.8, 4) is 0 Å². The summed E-state index contributed by atoms with van der Waals surface area (Å²) in [5.74, 6) is 0. The summed E-state index contributed by atoms with van der Waals surface area (Å²) in [7, 11) is 2.05. The lowest BCUT2D eigenvalue weighted by Gasteiger charge is -2.16. The SMILES string of the molecule is CNC(CCCc1ccccc1)Cc1ncccc1C. The Hall–Kier alpha value is -1.67. The van der Waals surface area contributed by atoms with E-state index in [1.54, 1.807) is 0 Å². The molecule has 20 heavy (non-hydrogen) atoms. The predicted octanol–water partition coefficient (Wildman–Crippen LogP) is 3.54. The zero-order valence-corrected chi connectivity index (χ0v) is 12.5. The first-order valence-corrected chi connectivity index (χ1v) is 7.41. The van der Waals surface area contributed by atoms with Crippen molar-refractivity contribution in [3.63, 3.8) is 0 Å². The van der Waals surface area contributed by atoms with Gasteiger partial charge in [0.1, 0.15) is 0 Å². The Labute approximate surface area is 122 Å². The van der Waals surface area contributed by atoms with E-state index in [1.165, 1.54) is 29.7 Å². The second-order valence-electron chi connectivity index (χ2n) is 5.33. The van der Waals surface area contributed by atoms with Gasteiger partial charge in [-0.3, -0.25) is 4.98 Å². The Balaban J connectivity index is 1.82. The van der Waals surface area contributed by atoms with Crippen LogP contribution >= 0.6 is 0 Å². The normalized spacial score (nSPS) is 12.3. The lowest BCUT2D eigenvalue weighted by Crippen LogP contribution is -2.28. The van der Waals surface area contributed by atoms with Crippen LogP contribution in [0.25, 0.3) is 0 Å². The topological polar surface area (TPSA) is 24.9 Å². The molecule has 1 aromatic heterocycles. The molecular formula is C18H24N2. The summed E-state index contributed by atoms with van der Waals surface area (Å²) in [4.78, 5) is 4.49. The molecule has 106 valence electrons. The summed E-state index contributed by atoms with van der Waals surface area (Å²) in [6.07, 6.45) is 6.44. The van der Waals surface area contributed by atoms with E-state index in [4.69, 9.17) is 0 Å². The maximum Gasteiger partial charge on any atom is 0.0448 e. The number of hydrogen-bond acceptors (Lipinski definition) is 2. The molecule has 0 bridgehead atoms. The molecule has 0 radical (unpaired) electrons. The highest BCUT2D eigenvalue weighted by Crippen LogP contribution is 2.11. The number of aromatic nitrogens is 1. The summed E-state index contributed by atoms with van der Waals surface area (Å²) in [6, 6.07) is 15.4. The van der Waals surface area contributed by atoms with Gasteiger partial charge in [0.25, 0.3) is 0 Å². The highest BCUT2D eigenvalue weighted by Gasteiger charge is 2.09. The van der Waals surface area contributed by atoms with Gasteiger partial charge in [-0.15, -0.1) is 0 Å². The van der Waals surface area contributed by atoms with Gasteiger partial charge >= 0.3 is 0 Å². The van der Waals surface area contributed by atoms with Crippen LogP contribution in [0.2, 0.25) is 0 Å². The van der Waals surface area contributed by atoms with E-state index in [1.807, 2.05) is 19.3 Å². The molecule has 1 heterocycles. The molecule has 1 unspecified atom stereocenters. The van der Waals surface area contributed by atoms with E-state index in [2.05, 4.69) is 53.6 Å². The molecule has 2 rings (SSSR count). The lowest BCUT2D eigenvalue weighted by molar-refractivity contribution is 0.497. The first-order chi connectivity index (χ1) is 9.79. The van der Waals surface area contributed by atoms with Crippen LogP contribution in [0.15, 0.2) is 48.7 Å². The van der Waals surface area contributed by atoms with Gasteiger partial charge < -0.3 is 5.32 Å². The van der Waals surface area contributed by atoms with Gasteiger partial charge in [0.2, 0.25) is 0 Å². The molecule has 2 nitrogen and oxygen atoms in total. The minimum Gasteiger partial charge on any atom is -0.317 e. The van der Waals surface area contributed by atoms with Crippen LogP contribution in [-0.2, 0) is 12.8 Å². The molecular weight excluding hydrogens is 244 g/mol. The van der Waals surface area contributed by atoms with Crippen molar-refractivity contribution in [2.24, 2.45) is 0 Å². The zero-order valence-electron chi connectivity index (χ0n) is 12.5. The molecule has 0 amide bonds. The fourth-order valence-electron chi connectivity index (χ4n) is 2.51. The highest BCUT2D eigenvalue weighted by molar-refractivity contribution is 5.18. The van der Waals surface area contributed by atoms with Crippen molar-refractivity contribution in [3.05, 3.63) is 65.5 Å². The summed E-state index contributed by atoms with van der Waals surface area (Å²) in [6.45, 7) is 2.14. The predicted molar refractivity (Wildman–Crippen MR) is 84.9 cm³/mol. The summed E-state index contributed by atoms with van der Waals surface area (Å²) >= 11 is 0. The molecule has 0 aliphatic carbocycles. The van der Waals surface area contributed by atoms with Crippen LogP contribution in [0.5, 0.6) is 0 Å². The second kappa shape index (κ2) is 7.81. The molecule has 2 aromatic rings. The third kappa shape index (κ3) is 4.46. The number of nitrogens with one attached hydrogen (secondary N) is 1. The molecule has 0 saturated carbocycles.